The minimum atomic E-state index is -2.76. The second-order valence-corrected chi connectivity index (χ2v) is 6.04. The van der Waals surface area contributed by atoms with Gasteiger partial charge < -0.3 is 5.73 Å². The van der Waals surface area contributed by atoms with Crippen LogP contribution in [0.15, 0.2) is 0 Å². The Labute approximate surface area is 80.0 Å². The van der Waals surface area contributed by atoms with Gasteiger partial charge in [-0.25, -0.2) is 8.42 Å². The van der Waals surface area contributed by atoms with E-state index in [0.717, 1.165) is 6.42 Å². The van der Waals surface area contributed by atoms with Gasteiger partial charge in [-0.1, -0.05) is 0 Å². The molecule has 0 bridgehead atoms. The lowest BCUT2D eigenvalue weighted by Crippen LogP contribution is -2.43. The maximum atomic E-state index is 11.2. The molecule has 0 aromatic rings. The van der Waals surface area contributed by atoms with Gasteiger partial charge in [0.25, 0.3) is 0 Å². The Hall–Kier alpha value is -0.130. The topological polar surface area (TPSA) is 63.4 Å². The van der Waals surface area contributed by atoms with Crippen LogP contribution >= 0.6 is 0 Å². The fourth-order valence-corrected chi connectivity index (χ4v) is 3.41. The molecule has 2 atom stereocenters. The Morgan fingerprint density at radius 1 is 1.62 bits per heavy atom. The number of nitrogens with zero attached hydrogens (tertiary/aromatic N) is 1. The molecule has 1 heterocycles. The first-order valence-corrected chi connectivity index (χ1v) is 6.41. The van der Waals surface area contributed by atoms with E-state index >= 15 is 0 Å². The van der Waals surface area contributed by atoms with Crippen molar-refractivity contribution in [1.29, 1.82) is 0 Å². The van der Waals surface area contributed by atoms with Crippen LogP contribution in [0.3, 0.4) is 0 Å². The van der Waals surface area contributed by atoms with Gasteiger partial charge in [-0.2, -0.15) is 0 Å². The zero-order valence-corrected chi connectivity index (χ0v) is 9.05. The lowest BCUT2D eigenvalue weighted by atomic mass is 10.2. The SMILES string of the molecule is CC(CN)N(C)C1CCS(=O)(=O)C1. The summed E-state index contributed by atoms with van der Waals surface area (Å²) in [5.74, 6) is 0.632. The highest BCUT2D eigenvalue weighted by atomic mass is 32.2. The van der Waals surface area contributed by atoms with E-state index in [1.165, 1.54) is 0 Å². The zero-order chi connectivity index (χ0) is 10.1. The number of rotatable bonds is 3. The summed E-state index contributed by atoms with van der Waals surface area (Å²) in [4.78, 5) is 2.07. The molecule has 0 aromatic heterocycles. The second-order valence-electron chi connectivity index (χ2n) is 3.81. The van der Waals surface area contributed by atoms with Crippen molar-refractivity contribution in [2.24, 2.45) is 5.73 Å². The highest BCUT2D eigenvalue weighted by molar-refractivity contribution is 7.91. The fraction of sp³-hybridized carbons (Fsp3) is 1.00. The summed E-state index contributed by atoms with van der Waals surface area (Å²) in [6.07, 6.45) is 0.753. The van der Waals surface area contributed by atoms with E-state index in [-0.39, 0.29) is 12.1 Å². The fourth-order valence-electron chi connectivity index (χ4n) is 1.62. The molecule has 1 aliphatic rings. The Morgan fingerprint density at radius 2 is 2.23 bits per heavy atom. The molecule has 13 heavy (non-hydrogen) atoms. The summed E-state index contributed by atoms with van der Waals surface area (Å²) in [6.45, 7) is 2.60. The van der Waals surface area contributed by atoms with Gasteiger partial charge >= 0.3 is 0 Å². The molecule has 0 radical (unpaired) electrons. The predicted molar refractivity (Wildman–Crippen MR) is 53.3 cm³/mol. The standard InChI is InChI=1S/C8H18N2O2S/c1-7(5-9)10(2)8-3-4-13(11,12)6-8/h7-8H,3-6,9H2,1-2H3. The predicted octanol–water partition coefficient (Wildman–Crippen LogP) is -0.547. The first-order valence-electron chi connectivity index (χ1n) is 4.58. The molecule has 0 saturated carbocycles. The van der Waals surface area contributed by atoms with E-state index in [9.17, 15) is 8.42 Å². The van der Waals surface area contributed by atoms with Crippen LogP contribution in [0.2, 0.25) is 0 Å². The van der Waals surface area contributed by atoms with Crippen molar-refractivity contribution >= 4 is 9.84 Å². The molecule has 0 aromatic carbocycles. The highest BCUT2D eigenvalue weighted by Crippen LogP contribution is 2.17. The van der Waals surface area contributed by atoms with Gasteiger partial charge in [0.2, 0.25) is 0 Å². The van der Waals surface area contributed by atoms with Crippen LogP contribution in [0.1, 0.15) is 13.3 Å². The lowest BCUT2D eigenvalue weighted by molar-refractivity contribution is 0.204. The molecule has 0 aliphatic carbocycles. The van der Waals surface area contributed by atoms with E-state index in [0.29, 0.717) is 18.1 Å². The largest absolute Gasteiger partial charge is 0.329 e. The van der Waals surface area contributed by atoms with Crippen molar-refractivity contribution in [2.75, 3.05) is 25.1 Å². The molecular formula is C8H18N2O2S. The number of nitrogens with two attached hydrogens (primary N) is 1. The quantitative estimate of drug-likeness (QED) is 0.673. The molecular weight excluding hydrogens is 188 g/mol. The maximum Gasteiger partial charge on any atom is 0.151 e. The van der Waals surface area contributed by atoms with Crippen molar-refractivity contribution in [3.63, 3.8) is 0 Å². The lowest BCUT2D eigenvalue weighted by Gasteiger charge is -2.28. The number of hydrogen-bond acceptors (Lipinski definition) is 4. The zero-order valence-electron chi connectivity index (χ0n) is 8.23. The van der Waals surface area contributed by atoms with Crippen LogP contribution < -0.4 is 5.73 Å². The van der Waals surface area contributed by atoms with Crippen LogP contribution in [0.4, 0.5) is 0 Å². The number of likely N-dealkylation sites (N-methyl/N-ethyl adjacent to an activating group) is 1. The molecule has 4 nitrogen and oxygen atoms in total. The van der Waals surface area contributed by atoms with Crippen LogP contribution in [-0.2, 0) is 9.84 Å². The highest BCUT2D eigenvalue weighted by Gasteiger charge is 2.31. The Bertz CT molecular complexity index is 263. The van der Waals surface area contributed by atoms with Crippen molar-refractivity contribution in [2.45, 2.75) is 25.4 Å². The van der Waals surface area contributed by atoms with Crippen molar-refractivity contribution in [1.82, 2.24) is 4.90 Å². The average molecular weight is 206 g/mol. The van der Waals surface area contributed by atoms with E-state index in [1.54, 1.807) is 0 Å². The molecule has 2 N–H and O–H groups in total. The minimum Gasteiger partial charge on any atom is -0.329 e. The third kappa shape index (κ3) is 2.65. The summed E-state index contributed by atoms with van der Waals surface area (Å²) in [7, 11) is -0.817. The van der Waals surface area contributed by atoms with Gasteiger partial charge in [-0.15, -0.1) is 0 Å². The maximum absolute atomic E-state index is 11.2. The smallest absolute Gasteiger partial charge is 0.151 e. The van der Waals surface area contributed by atoms with E-state index in [1.807, 2.05) is 14.0 Å². The number of hydrogen-bond donors (Lipinski definition) is 1. The first-order chi connectivity index (χ1) is 5.96. The molecule has 5 heteroatoms. The molecule has 2 unspecified atom stereocenters. The summed E-state index contributed by atoms with van der Waals surface area (Å²) in [5.41, 5.74) is 5.52. The van der Waals surface area contributed by atoms with Gasteiger partial charge in [0.1, 0.15) is 0 Å². The Balaban J connectivity index is 2.56. The van der Waals surface area contributed by atoms with E-state index in [2.05, 4.69) is 4.90 Å². The summed E-state index contributed by atoms with van der Waals surface area (Å²) >= 11 is 0. The molecule has 1 fully saturated rings. The van der Waals surface area contributed by atoms with E-state index < -0.39 is 9.84 Å². The molecule has 0 spiro atoms. The van der Waals surface area contributed by atoms with Crippen LogP contribution in [0.5, 0.6) is 0 Å². The Morgan fingerprint density at radius 3 is 2.62 bits per heavy atom. The summed E-state index contributed by atoms with van der Waals surface area (Å²) in [5, 5.41) is 0. The monoisotopic (exact) mass is 206 g/mol. The van der Waals surface area contributed by atoms with Crippen LogP contribution in [0.25, 0.3) is 0 Å². The third-order valence-electron chi connectivity index (χ3n) is 2.82. The van der Waals surface area contributed by atoms with Crippen molar-refractivity contribution in [3.05, 3.63) is 0 Å². The van der Waals surface area contributed by atoms with Gasteiger partial charge in [0, 0.05) is 18.6 Å². The molecule has 0 amide bonds. The minimum absolute atomic E-state index is 0.170. The molecule has 1 rings (SSSR count). The average Bonchev–Trinajstić information content (AvgIpc) is 2.43. The van der Waals surface area contributed by atoms with Gasteiger partial charge in [0.15, 0.2) is 9.84 Å². The van der Waals surface area contributed by atoms with Gasteiger partial charge in [-0.3, -0.25) is 4.90 Å². The molecule has 1 saturated heterocycles. The van der Waals surface area contributed by atoms with Gasteiger partial charge in [0.05, 0.1) is 11.5 Å². The summed E-state index contributed by atoms with van der Waals surface area (Å²) < 4.78 is 22.4. The van der Waals surface area contributed by atoms with Gasteiger partial charge in [-0.05, 0) is 20.4 Å². The van der Waals surface area contributed by atoms with Crippen molar-refractivity contribution < 1.29 is 8.42 Å². The number of sulfone groups is 1. The second kappa shape index (κ2) is 3.94. The van der Waals surface area contributed by atoms with Crippen LogP contribution in [-0.4, -0.2) is 50.5 Å². The molecule has 1 aliphatic heterocycles. The first kappa shape index (κ1) is 10.9. The summed E-state index contributed by atoms with van der Waals surface area (Å²) in [6, 6.07) is 0.432. The third-order valence-corrected chi connectivity index (χ3v) is 4.57. The van der Waals surface area contributed by atoms with E-state index in [4.69, 9.17) is 5.73 Å². The molecule has 78 valence electrons. The van der Waals surface area contributed by atoms with Crippen molar-refractivity contribution in [3.8, 4) is 0 Å². The Kier molecular flexibility index (Phi) is 3.32. The van der Waals surface area contributed by atoms with Crippen LogP contribution in [0, 0.1) is 0 Å². The normalized spacial score (nSPS) is 29.4.